The summed E-state index contributed by atoms with van der Waals surface area (Å²) in [6.07, 6.45) is -0.0809. The van der Waals surface area contributed by atoms with Crippen LogP contribution >= 0.6 is 0 Å². The van der Waals surface area contributed by atoms with Crippen LogP contribution in [0.1, 0.15) is 12.5 Å². The molecule has 0 aliphatic heterocycles. The molecular weight excluding hydrogens is 216 g/mol. The molecule has 88 valence electrons. The third-order valence-corrected chi connectivity index (χ3v) is 2.04. The molecule has 5 heteroatoms. The van der Waals surface area contributed by atoms with E-state index in [-0.39, 0.29) is 18.6 Å². The highest BCUT2D eigenvalue weighted by Crippen LogP contribution is 2.11. The molecule has 0 bridgehead atoms. The van der Waals surface area contributed by atoms with E-state index in [0.717, 1.165) is 18.2 Å². The van der Waals surface area contributed by atoms with Crippen molar-refractivity contribution in [1.82, 2.24) is 0 Å². The third-order valence-electron chi connectivity index (χ3n) is 2.04. The molecule has 0 heterocycles. The van der Waals surface area contributed by atoms with Gasteiger partial charge in [0.2, 0.25) is 0 Å². The number of benzene rings is 1. The van der Waals surface area contributed by atoms with Crippen LogP contribution in [0.15, 0.2) is 18.2 Å². The van der Waals surface area contributed by atoms with Gasteiger partial charge in [-0.2, -0.15) is 0 Å². The molecule has 0 spiro atoms. The van der Waals surface area contributed by atoms with Crippen LogP contribution in [0.3, 0.4) is 0 Å². The summed E-state index contributed by atoms with van der Waals surface area (Å²) in [6.45, 7) is 1.85. The van der Waals surface area contributed by atoms with Gasteiger partial charge in [-0.1, -0.05) is 0 Å². The minimum atomic E-state index is -0.976. The average molecular weight is 229 g/mol. The maximum Gasteiger partial charge on any atom is 0.323 e. The monoisotopic (exact) mass is 229 g/mol. The highest BCUT2D eigenvalue weighted by Gasteiger charge is 2.17. The van der Waals surface area contributed by atoms with Gasteiger partial charge < -0.3 is 10.5 Å². The topological polar surface area (TPSA) is 52.3 Å². The van der Waals surface area contributed by atoms with Crippen molar-refractivity contribution < 1.29 is 18.3 Å². The van der Waals surface area contributed by atoms with E-state index in [9.17, 15) is 13.6 Å². The van der Waals surface area contributed by atoms with Crippen LogP contribution in [0.4, 0.5) is 8.78 Å². The Morgan fingerprint density at radius 2 is 2.19 bits per heavy atom. The molecule has 1 atom stereocenters. The summed E-state index contributed by atoms with van der Waals surface area (Å²) in [4.78, 5) is 11.2. The Hall–Kier alpha value is -1.49. The van der Waals surface area contributed by atoms with Crippen LogP contribution in [0, 0.1) is 11.6 Å². The fourth-order valence-electron chi connectivity index (χ4n) is 1.27. The molecule has 0 saturated heterocycles. The minimum absolute atomic E-state index is 0.0700. The number of hydrogen-bond donors (Lipinski definition) is 1. The summed E-state index contributed by atoms with van der Waals surface area (Å²) in [5, 5.41) is 0. The lowest BCUT2D eigenvalue weighted by Gasteiger charge is -2.10. The van der Waals surface area contributed by atoms with Gasteiger partial charge in [0.05, 0.1) is 6.61 Å². The molecule has 1 aromatic rings. The van der Waals surface area contributed by atoms with Crippen molar-refractivity contribution in [2.24, 2.45) is 5.73 Å². The van der Waals surface area contributed by atoms with E-state index in [0.29, 0.717) is 0 Å². The fraction of sp³-hybridized carbons (Fsp3) is 0.364. The number of carbonyl (C=O) groups is 1. The summed E-state index contributed by atoms with van der Waals surface area (Å²) in [7, 11) is 0. The first-order chi connectivity index (χ1) is 7.54. The zero-order chi connectivity index (χ0) is 12.1. The molecular formula is C11H13F2NO2. The predicted molar refractivity (Wildman–Crippen MR) is 54.7 cm³/mol. The number of carbonyl (C=O) groups excluding carboxylic acids is 1. The van der Waals surface area contributed by atoms with Crippen LogP contribution in [0.25, 0.3) is 0 Å². The molecule has 1 rings (SSSR count). The molecule has 2 N–H and O–H groups in total. The Morgan fingerprint density at radius 3 is 2.81 bits per heavy atom. The van der Waals surface area contributed by atoms with Gasteiger partial charge in [0, 0.05) is 6.42 Å². The van der Waals surface area contributed by atoms with Crippen molar-refractivity contribution in [2.75, 3.05) is 6.61 Å². The number of hydrogen-bond acceptors (Lipinski definition) is 3. The molecule has 0 saturated carbocycles. The summed E-state index contributed by atoms with van der Waals surface area (Å²) >= 11 is 0. The van der Waals surface area contributed by atoms with Gasteiger partial charge >= 0.3 is 5.97 Å². The number of halogens is 2. The predicted octanol–water partition coefficient (Wildman–Crippen LogP) is 1.40. The first-order valence-corrected chi connectivity index (χ1v) is 4.90. The lowest BCUT2D eigenvalue weighted by molar-refractivity contribution is -0.144. The smallest absolute Gasteiger partial charge is 0.323 e. The first-order valence-electron chi connectivity index (χ1n) is 4.90. The Bertz CT molecular complexity index is 382. The second-order valence-corrected chi connectivity index (χ2v) is 3.30. The molecule has 0 radical (unpaired) electrons. The first kappa shape index (κ1) is 12.6. The normalized spacial score (nSPS) is 12.2. The SMILES string of the molecule is CCOC(=O)C(N)Cc1cc(F)ccc1F. The van der Waals surface area contributed by atoms with Crippen LogP contribution in [0.5, 0.6) is 0 Å². The van der Waals surface area contributed by atoms with Crippen LogP contribution in [-0.4, -0.2) is 18.6 Å². The molecule has 16 heavy (non-hydrogen) atoms. The van der Waals surface area contributed by atoms with Crippen molar-refractivity contribution in [2.45, 2.75) is 19.4 Å². The number of esters is 1. The maximum atomic E-state index is 13.2. The van der Waals surface area contributed by atoms with Crippen LogP contribution in [-0.2, 0) is 16.0 Å². The van der Waals surface area contributed by atoms with Gasteiger partial charge in [0.1, 0.15) is 17.7 Å². The van der Waals surface area contributed by atoms with Gasteiger partial charge in [-0.3, -0.25) is 4.79 Å². The van der Waals surface area contributed by atoms with Gasteiger partial charge in [0.15, 0.2) is 0 Å². The second-order valence-electron chi connectivity index (χ2n) is 3.30. The lowest BCUT2D eigenvalue weighted by atomic mass is 10.1. The number of ether oxygens (including phenoxy) is 1. The fourth-order valence-corrected chi connectivity index (χ4v) is 1.27. The molecule has 0 amide bonds. The molecule has 0 aromatic heterocycles. The molecule has 0 aliphatic carbocycles. The molecule has 1 aromatic carbocycles. The quantitative estimate of drug-likeness (QED) is 0.794. The lowest BCUT2D eigenvalue weighted by Crippen LogP contribution is -2.34. The molecule has 0 fully saturated rings. The van der Waals surface area contributed by atoms with Crippen molar-refractivity contribution in [3.63, 3.8) is 0 Å². The van der Waals surface area contributed by atoms with E-state index in [2.05, 4.69) is 4.74 Å². The van der Waals surface area contributed by atoms with E-state index >= 15 is 0 Å². The van der Waals surface area contributed by atoms with Gasteiger partial charge in [0.25, 0.3) is 0 Å². The van der Waals surface area contributed by atoms with E-state index in [1.807, 2.05) is 0 Å². The third kappa shape index (κ3) is 3.27. The summed E-state index contributed by atoms with van der Waals surface area (Å²) in [5.74, 6) is -1.76. The van der Waals surface area contributed by atoms with Crippen molar-refractivity contribution in [3.8, 4) is 0 Å². The minimum Gasteiger partial charge on any atom is -0.465 e. The number of nitrogens with two attached hydrogens (primary N) is 1. The van der Waals surface area contributed by atoms with Crippen LogP contribution in [0.2, 0.25) is 0 Å². The van der Waals surface area contributed by atoms with E-state index in [4.69, 9.17) is 5.73 Å². The Morgan fingerprint density at radius 1 is 1.50 bits per heavy atom. The highest BCUT2D eigenvalue weighted by molar-refractivity contribution is 5.75. The number of rotatable bonds is 4. The molecule has 0 aliphatic rings. The Labute approximate surface area is 92.2 Å². The van der Waals surface area contributed by atoms with Crippen molar-refractivity contribution in [3.05, 3.63) is 35.4 Å². The zero-order valence-electron chi connectivity index (χ0n) is 8.87. The summed E-state index contributed by atoms with van der Waals surface area (Å²) in [5.41, 5.74) is 5.56. The molecule has 3 nitrogen and oxygen atoms in total. The standard InChI is InChI=1S/C11H13F2NO2/c1-2-16-11(15)10(14)6-7-5-8(12)3-4-9(7)13/h3-5,10H,2,6,14H2,1H3. The molecule has 1 unspecified atom stereocenters. The van der Waals surface area contributed by atoms with E-state index < -0.39 is 23.6 Å². The average Bonchev–Trinajstić information content (AvgIpc) is 2.23. The summed E-state index contributed by atoms with van der Waals surface area (Å²) < 4.78 is 30.7. The second kappa shape index (κ2) is 5.55. The van der Waals surface area contributed by atoms with Gasteiger partial charge in [-0.05, 0) is 30.7 Å². The largest absolute Gasteiger partial charge is 0.465 e. The van der Waals surface area contributed by atoms with Gasteiger partial charge in [-0.25, -0.2) is 8.78 Å². The van der Waals surface area contributed by atoms with E-state index in [1.165, 1.54) is 0 Å². The maximum absolute atomic E-state index is 13.2. The zero-order valence-corrected chi connectivity index (χ0v) is 8.87. The van der Waals surface area contributed by atoms with Crippen LogP contribution < -0.4 is 5.73 Å². The van der Waals surface area contributed by atoms with Crippen molar-refractivity contribution in [1.29, 1.82) is 0 Å². The van der Waals surface area contributed by atoms with Gasteiger partial charge in [-0.15, -0.1) is 0 Å². The Balaban J connectivity index is 2.72. The van der Waals surface area contributed by atoms with E-state index in [1.54, 1.807) is 6.92 Å². The highest BCUT2D eigenvalue weighted by atomic mass is 19.1. The van der Waals surface area contributed by atoms with Crippen molar-refractivity contribution >= 4 is 5.97 Å². The Kier molecular flexibility index (Phi) is 4.37. The summed E-state index contributed by atoms with van der Waals surface area (Å²) in [6, 6.07) is 2.06.